The molecular weight excluding hydrogens is 168 g/mol. The number of aromatic amines is 1. The summed E-state index contributed by atoms with van der Waals surface area (Å²) in [5, 5.41) is 0.405. The average molecular weight is 173 g/mol. The second kappa shape index (κ2) is 2.81. The third kappa shape index (κ3) is 1.15. The van der Waals surface area contributed by atoms with Crippen molar-refractivity contribution in [1.29, 1.82) is 0 Å². The number of aromatic nitrogens is 4. The summed E-state index contributed by atoms with van der Waals surface area (Å²) in [6, 6.07) is 0. The first-order valence-electron chi connectivity index (χ1n) is 2.67. The van der Waals surface area contributed by atoms with E-state index in [2.05, 4.69) is 19.9 Å². The molecule has 0 amide bonds. The Morgan fingerprint density at radius 2 is 2.09 bits per heavy atom. The van der Waals surface area contributed by atoms with Gasteiger partial charge >= 0.3 is 0 Å². The fourth-order valence-corrected chi connectivity index (χ4v) is 0.918. The summed E-state index contributed by atoms with van der Waals surface area (Å²) in [5.41, 5.74) is 1.28. The van der Waals surface area contributed by atoms with E-state index in [0.29, 0.717) is 16.3 Å². The van der Waals surface area contributed by atoms with Crippen molar-refractivity contribution in [3.05, 3.63) is 17.8 Å². The number of rotatable bonds is 0. The number of nitrogens with one attached hydrogen (secondary N) is 1. The fraction of sp³-hybridized carbons (Fsp3) is 0. The largest absolute Gasteiger partial charge is 0.412 e. The highest BCUT2D eigenvalue weighted by Crippen LogP contribution is 2.13. The van der Waals surface area contributed by atoms with Crippen LogP contribution in [0.3, 0.4) is 0 Å². The molecule has 2 heterocycles. The van der Waals surface area contributed by atoms with Crippen LogP contribution in [-0.2, 0) is 0 Å². The van der Waals surface area contributed by atoms with Gasteiger partial charge in [0.05, 0.1) is 6.33 Å². The van der Waals surface area contributed by atoms with Gasteiger partial charge in [0.2, 0.25) is 0 Å². The van der Waals surface area contributed by atoms with Gasteiger partial charge in [-0.25, -0.2) is 15.0 Å². The summed E-state index contributed by atoms with van der Waals surface area (Å²) in [6.07, 6.45) is 2.91. The minimum Gasteiger partial charge on any atom is -0.412 e. The number of nitrogens with zero attached hydrogens (tertiary/aromatic N) is 3. The number of H-pyrrole nitrogens is 1. The van der Waals surface area contributed by atoms with Gasteiger partial charge in [0.1, 0.15) is 11.8 Å². The van der Waals surface area contributed by atoms with E-state index in [1.165, 1.54) is 12.7 Å². The van der Waals surface area contributed by atoms with Crippen molar-refractivity contribution in [2.24, 2.45) is 0 Å². The topological polar surface area (TPSA) is 86.0 Å². The van der Waals surface area contributed by atoms with Crippen LogP contribution in [0.4, 0.5) is 0 Å². The fourth-order valence-electron chi connectivity index (χ4n) is 0.736. The SMILES string of the molecule is Clc1ncnc2nc[nH]c12.O. The van der Waals surface area contributed by atoms with E-state index in [1.54, 1.807) is 0 Å². The summed E-state index contributed by atoms with van der Waals surface area (Å²) >= 11 is 5.68. The van der Waals surface area contributed by atoms with Crippen molar-refractivity contribution in [3.63, 3.8) is 0 Å². The summed E-state index contributed by atoms with van der Waals surface area (Å²) in [4.78, 5) is 14.3. The highest BCUT2D eigenvalue weighted by molar-refractivity contribution is 6.33. The lowest BCUT2D eigenvalue weighted by Gasteiger charge is -1.86. The minimum absolute atomic E-state index is 0. The molecule has 0 aliphatic heterocycles. The molecule has 0 fully saturated rings. The molecule has 0 aliphatic carbocycles. The maximum Gasteiger partial charge on any atom is 0.182 e. The van der Waals surface area contributed by atoms with Crippen molar-refractivity contribution >= 4 is 22.8 Å². The molecule has 0 radical (unpaired) electrons. The Balaban J connectivity index is 0.000000605. The molecule has 6 heteroatoms. The number of hydrogen-bond donors (Lipinski definition) is 1. The third-order valence-corrected chi connectivity index (χ3v) is 1.46. The Morgan fingerprint density at radius 1 is 1.27 bits per heavy atom. The van der Waals surface area contributed by atoms with Crippen molar-refractivity contribution in [2.45, 2.75) is 0 Å². The van der Waals surface area contributed by atoms with Crippen LogP contribution in [0.15, 0.2) is 12.7 Å². The maximum atomic E-state index is 5.68. The zero-order valence-corrected chi connectivity index (χ0v) is 6.13. The van der Waals surface area contributed by atoms with E-state index in [0.717, 1.165) is 0 Å². The smallest absolute Gasteiger partial charge is 0.182 e. The molecule has 2 aromatic heterocycles. The Kier molecular flexibility index (Phi) is 2.02. The molecule has 2 rings (SSSR count). The number of hydrogen-bond acceptors (Lipinski definition) is 3. The zero-order valence-electron chi connectivity index (χ0n) is 5.37. The highest BCUT2D eigenvalue weighted by Gasteiger charge is 2.00. The lowest BCUT2D eigenvalue weighted by molar-refractivity contribution is 0.824. The molecule has 0 aliphatic rings. The number of fused-ring (bicyclic) bond motifs is 1. The van der Waals surface area contributed by atoms with Gasteiger partial charge in [0, 0.05) is 0 Å². The molecule has 0 saturated carbocycles. The summed E-state index contributed by atoms with van der Waals surface area (Å²) < 4.78 is 0. The van der Waals surface area contributed by atoms with Crippen LogP contribution in [0.2, 0.25) is 5.15 Å². The van der Waals surface area contributed by atoms with Gasteiger partial charge in [0.25, 0.3) is 0 Å². The van der Waals surface area contributed by atoms with Crippen LogP contribution in [0, 0.1) is 0 Å². The molecule has 0 spiro atoms. The molecule has 0 unspecified atom stereocenters. The summed E-state index contributed by atoms with van der Waals surface area (Å²) in [7, 11) is 0. The Hall–Kier alpha value is -1.20. The van der Waals surface area contributed by atoms with Gasteiger partial charge in [-0.3, -0.25) is 0 Å². The molecule has 3 N–H and O–H groups in total. The zero-order chi connectivity index (χ0) is 6.97. The van der Waals surface area contributed by atoms with Gasteiger partial charge in [-0.05, 0) is 0 Å². The summed E-state index contributed by atoms with van der Waals surface area (Å²) in [5.74, 6) is 0. The monoisotopic (exact) mass is 172 g/mol. The summed E-state index contributed by atoms with van der Waals surface area (Å²) in [6.45, 7) is 0. The Labute approximate surface area is 66.8 Å². The van der Waals surface area contributed by atoms with Crippen LogP contribution in [-0.4, -0.2) is 25.4 Å². The Bertz CT molecular complexity index is 360. The standard InChI is InChI=1S/C5H3ClN4.H2O/c6-4-3-5(9-1-7-3)10-2-8-4;/h1-2H,(H,7,8,9,10);1H2. The van der Waals surface area contributed by atoms with E-state index >= 15 is 0 Å². The lowest BCUT2D eigenvalue weighted by Crippen LogP contribution is -1.80. The van der Waals surface area contributed by atoms with Gasteiger partial charge in [0.15, 0.2) is 10.8 Å². The maximum absolute atomic E-state index is 5.68. The van der Waals surface area contributed by atoms with Crippen LogP contribution < -0.4 is 0 Å². The first-order chi connectivity index (χ1) is 4.88. The van der Waals surface area contributed by atoms with E-state index in [-0.39, 0.29) is 5.48 Å². The molecule has 58 valence electrons. The molecule has 0 atom stereocenters. The number of imidazole rings is 1. The molecule has 0 aromatic carbocycles. The second-order valence-corrected chi connectivity index (χ2v) is 2.12. The van der Waals surface area contributed by atoms with E-state index in [9.17, 15) is 0 Å². The molecule has 5 nitrogen and oxygen atoms in total. The first kappa shape index (κ1) is 7.90. The third-order valence-electron chi connectivity index (χ3n) is 1.18. The molecule has 11 heavy (non-hydrogen) atoms. The van der Waals surface area contributed by atoms with Crippen LogP contribution >= 0.6 is 11.6 Å². The van der Waals surface area contributed by atoms with Crippen molar-refractivity contribution in [3.8, 4) is 0 Å². The number of halogens is 1. The van der Waals surface area contributed by atoms with Crippen molar-refractivity contribution in [1.82, 2.24) is 19.9 Å². The predicted octanol–water partition coefficient (Wildman–Crippen LogP) is 0.182. The predicted molar refractivity (Wildman–Crippen MR) is 40.3 cm³/mol. The highest BCUT2D eigenvalue weighted by atomic mass is 35.5. The van der Waals surface area contributed by atoms with Gasteiger partial charge in [-0.15, -0.1) is 0 Å². The van der Waals surface area contributed by atoms with Crippen LogP contribution in [0.25, 0.3) is 11.2 Å². The second-order valence-electron chi connectivity index (χ2n) is 1.77. The molecule has 0 bridgehead atoms. The van der Waals surface area contributed by atoms with Gasteiger partial charge < -0.3 is 10.5 Å². The van der Waals surface area contributed by atoms with E-state index < -0.39 is 0 Å². The molecular formula is C5H5ClN4O. The van der Waals surface area contributed by atoms with Crippen molar-refractivity contribution in [2.75, 3.05) is 0 Å². The van der Waals surface area contributed by atoms with Gasteiger partial charge in [-0.2, -0.15) is 0 Å². The molecule has 0 saturated heterocycles. The molecule has 2 aromatic rings. The van der Waals surface area contributed by atoms with E-state index in [4.69, 9.17) is 11.6 Å². The normalized spacial score (nSPS) is 9.55. The van der Waals surface area contributed by atoms with Crippen LogP contribution in [0.5, 0.6) is 0 Å². The van der Waals surface area contributed by atoms with Crippen molar-refractivity contribution < 1.29 is 5.48 Å². The lowest BCUT2D eigenvalue weighted by atomic mass is 10.6. The Morgan fingerprint density at radius 3 is 2.82 bits per heavy atom. The quantitative estimate of drug-likeness (QED) is 0.576. The first-order valence-corrected chi connectivity index (χ1v) is 3.05. The van der Waals surface area contributed by atoms with Crippen LogP contribution in [0.1, 0.15) is 0 Å². The minimum atomic E-state index is 0. The van der Waals surface area contributed by atoms with E-state index in [1.807, 2.05) is 0 Å². The van der Waals surface area contributed by atoms with Gasteiger partial charge in [-0.1, -0.05) is 11.6 Å². The average Bonchev–Trinajstić information content (AvgIpc) is 2.36.